The van der Waals surface area contributed by atoms with Crippen LogP contribution >= 0.6 is 0 Å². The minimum Gasteiger partial charge on any atom is -0.352 e. The molecule has 15 heavy (non-hydrogen) atoms. The molecule has 0 saturated carbocycles. The van der Waals surface area contributed by atoms with Crippen LogP contribution in [0.1, 0.15) is 47.5 Å². The molecule has 0 saturated heterocycles. The van der Waals surface area contributed by atoms with Gasteiger partial charge in [-0.1, -0.05) is 27.2 Å². The third kappa shape index (κ3) is 7.37. The van der Waals surface area contributed by atoms with E-state index in [2.05, 4.69) is 38.3 Å². The lowest BCUT2D eigenvalue weighted by atomic mass is 10.1. The molecule has 0 spiro atoms. The molecule has 0 aromatic rings. The van der Waals surface area contributed by atoms with Gasteiger partial charge in [0.1, 0.15) is 0 Å². The average Bonchev–Trinajstić information content (AvgIpc) is 2.14. The number of nitrogens with one attached hydrogen (secondary N) is 2. The summed E-state index contributed by atoms with van der Waals surface area (Å²) < 4.78 is 0. The first kappa shape index (κ1) is 14.4. The topological polar surface area (TPSA) is 41.1 Å². The number of carbonyl (C=O) groups excluding carboxylic acids is 1. The van der Waals surface area contributed by atoms with Gasteiger partial charge in [0.05, 0.1) is 6.04 Å². The highest BCUT2D eigenvalue weighted by Gasteiger charge is 2.14. The fourth-order valence-corrected chi connectivity index (χ4v) is 1.38. The Labute approximate surface area is 94.0 Å². The molecule has 0 aliphatic rings. The van der Waals surface area contributed by atoms with Gasteiger partial charge in [-0.25, -0.2) is 0 Å². The minimum absolute atomic E-state index is 0.0910. The molecule has 90 valence electrons. The highest BCUT2D eigenvalue weighted by Crippen LogP contribution is 1.96. The SMILES string of the molecule is CCCC(C)NC(=O)C(C)NCC(C)C. The van der Waals surface area contributed by atoms with E-state index in [1.807, 2.05) is 6.92 Å². The molecular weight excluding hydrogens is 188 g/mol. The van der Waals surface area contributed by atoms with E-state index in [1.165, 1.54) is 0 Å². The summed E-state index contributed by atoms with van der Waals surface area (Å²) in [5.41, 5.74) is 0. The highest BCUT2D eigenvalue weighted by atomic mass is 16.2. The third-order valence-electron chi connectivity index (χ3n) is 2.34. The van der Waals surface area contributed by atoms with Crippen LogP contribution in [0, 0.1) is 5.92 Å². The zero-order chi connectivity index (χ0) is 11.8. The van der Waals surface area contributed by atoms with Crippen LogP contribution in [0.25, 0.3) is 0 Å². The largest absolute Gasteiger partial charge is 0.352 e. The van der Waals surface area contributed by atoms with Crippen LogP contribution in [-0.2, 0) is 4.79 Å². The quantitative estimate of drug-likeness (QED) is 0.680. The van der Waals surface area contributed by atoms with Crippen molar-refractivity contribution in [1.29, 1.82) is 0 Å². The summed E-state index contributed by atoms with van der Waals surface area (Å²) in [6, 6.07) is 0.192. The lowest BCUT2D eigenvalue weighted by Gasteiger charge is -2.18. The molecule has 3 nitrogen and oxygen atoms in total. The minimum atomic E-state index is -0.0910. The van der Waals surface area contributed by atoms with Gasteiger partial charge in [-0.05, 0) is 32.7 Å². The summed E-state index contributed by atoms with van der Waals surface area (Å²) in [4.78, 5) is 11.7. The van der Waals surface area contributed by atoms with Gasteiger partial charge in [-0.2, -0.15) is 0 Å². The first-order valence-corrected chi connectivity index (χ1v) is 6.01. The Bertz CT molecular complexity index is 180. The summed E-state index contributed by atoms with van der Waals surface area (Å²) in [7, 11) is 0. The smallest absolute Gasteiger partial charge is 0.237 e. The van der Waals surface area contributed by atoms with Gasteiger partial charge in [-0.15, -0.1) is 0 Å². The predicted octanol–water partition coefficient (Wildman–Crippen LogP) is 1.93. The monoisotopic (exact) mass is 214 g/mol. The van der Waals surface area contributed by atoms with Gasteiger partial charge in [-0.3, -0.25) is 4.79 Å². The lowest BCUT2D eigenvalue weighted by Crippen LogP contribution is -2.46. The van der Waals surface area contributed by atoms with Gasteiger partial charge >= 0.3 is 0 Å². The second kappa shape index (κ2) is 7.69. The summed E-state index contributed by atoms with van der Waals surface area (Å²) in [6.07, 6.45) is 2.15. The van der Waals surface area contributed by atoms with Crippen LogP contribution in [-0.4, -0.2) is 24.5 Å². The molecule has 2 atom stereocenters. The second-order valence-corrected chi connectivity index (χ2v) is 4.72. The van der Waals surface area contributed by atoms with Crippen LogP contribution in [0.15, 0.2) is 0 Å². The molecule has 0 aromatic carbocycles. The summed E-state index contributed by atoms with van der Waals surface area (Å²) in [5, 5.41) is 6.22. The van der Waals surface area contributed by atoms with Crippen molar-refractivity contribution in [3.63, 3.8) is 0 Å². The van der Waals surface area contributed by atoms with Crippen molar-refractivity contribution in [2.24, 2.45) is 5.92 Å². The predicted molar refractivity (Wildman–Crippen MR) is 64.8 cm³/mol. The second-order valence-electron chi connectivity index (χ2n) is 4.72. The molecule has 0 bridgehead atoms. The van der Waals surface area contributed by atoms with Gasteiger partial charge < -0.3 is 10.6 Å². The standard InChI is InChI=1S/C12H26N2O/c1-6-7-10(4)14-12(15)11(5)13-8-9(2)3/h9-11,13H,6-8H2,1-5H3,(H,14,15). The zero-order valence-electron chi connectivity index (χ0n) is 10.8. The van der Waals surface area contributed by atoms with E-state index in [-0.39, 0.29) is 18.0 Å². The van der Waals surface area contributed by atoms with Gasteiger partial charge in [0.25, 0.3) is 0 Å². The van der Waals surface area contributed by atoms with Crippen LogP contribution in [0.3, 0.4) is 0 Å². The fraction of sp³-hybridized carbons (Fsp3) is 0.917. The third-order valence-corrected chi connectivity index (χ3v) is 2.34. The number of carbonyl (C=O) groups is 1. The average molecular weight is 214 g/mol. The molecule has 2 unspecified atom stereocenters. The van der Waals surface area contributed by atoms with E-state index in [1.54, 1.807) is 0 Å². The highest BCUT2D eigenvalue weighted by molar-refractivity contribution is 5.81. The zero-order valence-corrected chi connectivity index (χ0v) is 10.8. The van der Waals surface area contributed by atoms with Crippen molar-refractivity contribution >= 4 is 5.91 Å². The Morgan fingerprint density at radius 1 is 1.20 bits per heavy atom. The molecule has 0 fully saturated rings. The molecule has 0 aromatic heterocycles. The normalized spacial score (nSPS) is 15.1. The number of amides is 1. The van der Waals surface area contributed by atoms with Crippen molar-refractivity contribution < 1.29 is 4.79 Å². The van der Waals surface area contributed by atoms with Crippen molar-refractivity contribution in [2.75, 3.05) is 6.54 Å². The van der Waals surface area contributed by atoms with Crippen LogP contribution < -0.4 is 10.6 Å². The number of hydrogen-bond donors (Lipinski definition) is 2. The van der Waals surface area contributed by atoms with Gasteiger partial charge in [0.2, 0.25) is 5.91 Å². The molecule has 0 radical (unpaired) electrons. The molecule has 3 heteroatoms. The van der Waals surface area contributed by atoms with Crippen molar-refractivity contribution in [1.82, 2.24) is 10.6 Å². The molecule has 0 aliphatic carbocycles. The maximum absolute atomic E-state index is 11.7. The Balaban J connectivity index is 3.78. The van der Waals surface area contributed by atoms with E-state index in [0.29, 0.717) is 5.92 Å². The van der Waals surface area contributed by atoms with E-state index >= 15 is 0 Å². The van der Waals surface area contributed by atoms with Crippen molar-refractivity contribution in [3.8, 4) is 0 Å². The molecular formula is C12H26N2O. The first-order valence-electron chi connectivity index (χ1n) is 6.01. The maximum Gasteiger partial charge on any atom is 0.237 e. The van der Waals surface area contributed by atoms with E-state index in [4.69, 9.17) is 0 Å². The maximum atomic E-state index is 11.7. The van der Waals surface area contributed by atoms with Gasteiger partial charge in [0, 0.05) is 6.04 Å². The van der Waals surface area contributed by atoms with Crippen LogP contribution in [0.5, 0.6) is 0 Å². The van der Waals surface area contributed by atoms with Gasteiger partial charge in [0.15, 0.2) is 0 Å². The molecule has 0 rings (SSSR count). The fourth-order valence-electron chi connectivity index (χ4n) is 1.38. The van der Waals surface area contributed by atoms with Crippen molar-refractivity contribution in [3.05, 3.63) is 0 Å². The Hall–Kier alpha value is -0.570. The summed E-state index contributed by atoms with van der Waals surface area (Å²) in [5.74, 6) is 0.685. The Kier molecular flexibility index (Phi) is 7.39. The number of hydrogen-bond acceptors (Lipinski definition) is 2. The van der Waals surface area contributed by atoms with Crippen LogP contribution in [0.2, 0.25) is 0 Å². The van der Waals surface area contributed by atoms with Crippen molar-refractivity contribution in [2.45, 2.75) is 59.5 Å². The Morgan fingerprint density at radius 3 is 2.27 bits per heavy atom. The van der Waals surface area contributed by atoms with E-state index in [9.17, 15) is 4.79 Å². The van der Waals surface area contributed by atoms with E-state index < -0.39 is 0 Å². The molecule has 0 heterocycles. The molecule has 1 amide bonds. The van der Waals surface area contributed by atoms with E-state index in [0.717, 1.165) is 19.4 Å². The van der Waals surface area contributed by atoms with Crippen LogP contribution in [0.4, 0.5) is 0 Å². The Morgan fingerprint density at radius 2 is 1.80 bits per heavy atom. The molecule has 0 aliphatic heterocycles. The number of rotatable bonds is 7. The molecule has 2 N–H and O–H groups in total. The summed E-state index contributed by atoms with van der Waals surface area (Å²) >= 11 is 0. The first-order chi connectivity index (χ1) is 6.97. The lowest BCUT2D eigenvalue weighted by molar-refractivity contribution is -0.123. The summed E-state index contributed by atoms with van der Waals surface area (Å²) in [6.45, 7) is 11.3.